The number of rotatable bonds is 21. The Hall–Kier alpha value is -5.16. The Morgan fingerprint density at radius 1 is 0.810 bits per heavy atom. The molecule has 6 rings (SSSR count). The first kappa shape index (κ1) is 47.3. The molecule has 1 heterocycles. The van der Waals surface area contributed by atoms with Crippen molar-refractivity contribution in [2.24, 2.45) is 0 Å². The molecule has 11 nitrogen and oxygen atoms in total. The summed E-state index contributed by atoms with van der Waals surface area (Å²) in [6.07, 6.45) is -4.83. The number of halogens is 5. The SMILES string of the molecule is CCS(=O)(=O)c1ccc([C@H](CCOP(=O)(OCc2ccccc2)OCc2ccccc2)NC(=O)c2ccc(N3C[C@@H](Oc4ccc(C(F)(F)F)cc4)C[C@H]3COC(F)F)cc2)cc1. The zero-order valence-corrected chi connectivity index (χ0v) is 35.7. The van der Waals surface area contributed by atoms with E-state index in [1.807, 2.05) is 36.4 Å². The standard InChI is InChI=1S/C45H46F5N2O9PS/c1-2-63(55,56)41-23-15-34(16-24-41)42(25-26-58-62(54,59-29-32-9-5-3-6-10-32)60-30-33-11-7-4-8-12-33)51-43(53)35-13-19-37(20-14-35)52-28-40(27-38(52)31-57-44(46)47)61-39-21-17-36(18-22-39)45(48,49)50/h3-24,38,40,42,44H,2,25-31H2,1H3,(H,51,53)/t38-,40-,42-/m0/s1. The lowest BCUT2D eigenvalue weighted by molar-refractivity contribution is -0.137. The average molecular weight is 917 g/mol. The Labute approximate surface area is 362 Å². The second-order valence-electron chi connectivity index (χ2n) is 14.5. The summed E-state index contributed by atoms with van der Waals surface area (Å²) in [6.45, 7) is -2.04. The summed E-state index contributed by atoms with van der Waals surface area (Å²) in [5, 5.41) is 2.95. The van der Waals surface area contributed by atoms with Crippen molar-refractivity contribution in [3.05, 3.63) is 161 Å². The van der Waals surface area contributed by atoms with E-state index in [9.17, 15) is 39.7 Å². The molecule has 0 unspecified atom stereocenters. The van der Waals surface area contributed by atoms with Crippen LogP contribution in [-0.4, -0.2) is 58.6 Å². The van der Waals surface area contributed by atoms with Gasteiger partial charge >= 0.3 is 20.6 Å². The van der Waals surface area contributed by atoms with Crippen LogP contribution >= 0.6 is 7.82 Å². The minimum absolute atomic E-state index is 0.0526. The monoisotopic (exact) mass is 916 g/mol. The zero-order chi connectivity index (χ0) is 45.0. The minimum atomic E-state index is -4.52. The van der Waals surface area contributed by atoms with Crippen molar-refractivity contribution in [1.82, 2.24) is 5.32 Å². The molecule has 0 radical (unpaired) electrons. The molecule has 63 heavy (non-hydrogen) atoms. The number of anilines is 1. The molecule has 1 fully saturated rings. The molecule has 336 valence electrons. The number of amides is 1. The molecule has 1 amide bonds. The number of ether oxygens (including phenoxy) is 2. The number of sulfone groups is 1. The van der Waals surface area contributed by atoms with Gasteiger partial charge in [0.25, 0.3) is 5.91 Å². The highest BCUT2D eigenvalue weighted by Crippen LogP contribution is 2.51. The summed E-state index contributed by atoms with van der Waals surface area (Å²) < 4.78 is 133. The highest BCUT2D eigenvalue weighted by atomic mass is 32.2. The van der Waals surface area contributed by atoms with Gasteiger partial charge in [-0.25, -0.2) is 13.0 Å². The van der Waals surface area contributed by atoms with Gasteiger partial charge in [-0.05, 0) is 83.8 Å². The molecular weight excluding hydrogens is 871 g/mol. The summed E-state index contributed by atoms with van der Waals surface area (Å²) in [5.41, 5.74) is 1.92. The van der Waals surface area contributed by atoms with Crippen molar-refractivity contribution >= 4 is 29.3 Å². The number of benzene rings is 5. The van der Waals surface area contributed by atoms with E-state index in [-0.39, 0.29) is 67.8 Å². The Morgan fingerprint density at radius 3 is 1.94 bits per heavy atom. The molecule has 0 bridgehead atoms. The summed E-state index contributed by atoms with van der Waals surface area (Å²) >= 11 is 0. The van der Waals surface area contributed by atoms with Gasteiger partial charge in [0.1, 0.15) is 11.9 Å². The second-order valence-corrected chi connectivity index (χ2v) is 18.5. The molecule has 0 aromatic heterocycles. The van der Waals surface area contributed by atoms with E-state index < -0.39 is 60.1 Å². The number of hydrogen-bond donors (Lipinski definition) is 1. The van der Waals surface area contributed by atoms with Gasteiger partial charge in [0.15, 0.2) is 9.84 Å². The van der Waals surface area contributed by atoms with Gasteiger partial charge < -0.3 is 19.7 Å². The van der Waals surface area contributed by atoms with Gasteiger partial charge in [0, 0.05) is 17.7 Å². The Balaban J connectivity index is 1.17. The maximum absolute atomic E-state index is 14.0. The van der Waals surface area contributed by atoms with Crippen molar-refractivity contribution in [3.63, 3.8) is 0 Å². The van der Waals surface area contributed by atoms with Gasteiger partial charge in [-0.1, -0.05) is 79.7 Å². The normalized spacial score (nSPS) is 16.3. The summed E-state index contributed by atoms with van der Waals surface area (Å²) in [4.78, 5) is 15.7. The average Bonchev–Trinajstić information content (AvgIpc) is 3.69. The van der Waals surface area contributed by atoms with Crippen LogP contribution in [0.25, 0.3) is 0 Å². The van der Waals surface area contributed by atoms with E-state index >= 15 is 0 Å². The molecule has 5 aromatic carbocycles. The van der Waals surface area contributed by atoms with Gasteiger partial charge in [0.2, 0.25) is 0 Å². The molecule has 0 spiro atoms. The summed E-state index contributed by atoms with van der Waals surface area (Å²) in [6, 6.07) is 33.2. The third-order valence-corrected chi connectivity index (χ3v) is 13.3. The molecule has 3 atom stereocenters. The van der Waals surface area contributed by atoms with E-state index in [2.05, 4.69) is 10.1 Å². The molecule has 0 aliphatic carbocycles. The van der Waals surface area contributed by atoms with Gasteiger partial charge in [-0.15, -0.1) is 0 Å². The van der Waals surface area contributed by atoms with E-state index in [0.717, 1.165) is 23.3 Å². The van der Waals surface area contributed by atoms with E-state index in [0.29, 0.717) is 11.3 Å². The number of hydrogen-bond acceptors (Lipinski definition) is 10. The van der Waals surface area contributed by atoms with Gasteiger partial charge in [0.05, 0.1) is 61.3 Å². The smallest absolute Gasteiger partial charge is 0.475 e. The molecule has 1 saturated heterocycles. The Morgan fingerprint density at radius 2 is 1.40 bits per heavy atom. The molecule has 1 N–H and O–H groups in total. The largest absolute Gasteiger partial charge is 0.489 e. The van der Waals surface area contributed by atoms with Crippen LogP contribution < -0.4 is 15.0 Å². The topological polar surface area (TPSA) is 130 Å². The van der Waals surface area contributed by atoms with Crippen LogP contribution in [0.15, 0.2) is 138 Å². The van der Waals surface area contributed by atoms with E-state index in [1.54, 1.807) is 53.4 Å². The van der Waals surface area contributed by atoms with Crippen LogP contribution in [0.4, 0.5) is 27.6 Å². The number of carbonyl (C=O) groups is 1. The fourth-order valence-corrected chi connectivity index (χ4v) is 8.88. The van der Waals surface area contributed by atoms with Crippen molar-refractivity contribution in [2.75, 3.05) is 30.4 Å². The van der Waals surface area contributed by atoms with Crippen LogP contribution in [0.5, 0.6) is 5.75 Å². The van der Waals surface area contributed by atoms with Crippen molar-refractivity contribution in [1.29, 1.82) is 0 Å². The first-order valence-corrected chi connectivity index (χ1v) is 23.1. The van der Waals surface area contributed by atoms with Crippen LogP contribution in [0.3, 0.4) is 0 Å². The lowest BCUT2D eigenvalue weighted by Gasteiger charge is -2.26. The highest BCUT2D eigenvalue weighted by molar-refractivity contribution is 7.91. The quantitative estimate of drug-likeness (QED) is 0.0561. The second kappa shape index (κ2) is 21.5. The number of nitrogens with zero attached hydrogens (tertiary/aromatic N) is 1. The van der Waals surface area contributed by atoms with Crippen molar-refractivity contribution in [2.45, 2.75) is 68.9 Å². The van der Waals surface area contributed by atoms with Crippen LogP contribution in [-0.2, 0) is 52.1 Å². The molecule has 0 saturated carbocycles. The van der Waals surface area contributed by atoms with Crippen LogP contribution in [0, 0.1) is 0 Å². The fourth-order valence-electron chi connectivity index (χ4n) is 6.82. The van der Waals surface area contributed by atoms with E-state index in [1.165, 1.54) is 43.3 Å². The fraction of sp³-hybridized carbons (Fsp3) is 0.311. The van der Waals surface area contributed by atoms with Crippen LogP contribution in [0.2, 0.25) is 0 Å². The lowest BCUT2D eigenvalue weighted by Crippen LogP contribution is -2.34. The highest BCUT2D eigenvalue weighted by Gasteiger charge is 2.36. The number of phosphoric ester groups is 1. The molecular formula is C45H46F5N2O9PS. The van der Waals surface area contributed by atoms with Crippen LogP contribution in [0.1, 0.15) is 58.4 Å². The number of carbonyl (C=O) groups excluding carboxylic acids is 1. The third kappa shape index (κ3) is 13.7. The molecule has 1 aliphatic rings. The van der Waals surface area contributed by atoms with Gasteiger partial charge in [-0.2, -0.15) is 22.0 Å². The number of phosphoric acid groups is 1. The Kier molecular flexibility index (Phi) is 16.1. The summed E-state index contributed by atoms with van der Waals surface area (Å²) in [7, 11) is -7.71. The maximum atomic E-state index is 14.0. The number of alkyl halides is 5. The Bertz CT molecular complexity index is 2330. The van der Waals surface area contributed by atoms with Crippen molar-refractivity contribution < 1.29 is 62.8 Å². The van der Waals surface area contributed by atoms with E-state index in [4.69, 9.17) is 18.3 Å². The number of nitrogens with one attached hydrogen (secondary N) is 1. The molecule has 5 aromatic rings. The first-order valence-electron chi connectivity index (χ1n) is 20.0. The molecule has 18 heteroatoms. The van der Waals surface area contributed by atoms with Gasteiger partial charge in [-0.3, -0.25) is 18.4 Å². The third-order valence-electron chi connectivity index (χ3n) is 10.2. The summed E-state index contributed by atoms with van der Waals surface area (Å²) in [5.74, 6) is -0.454. The zero-order valence-electron chi connectivity index (χ0n) is 34.0. The van der Waals surface area contributed by atoms with Crippen molar-refractivity contribution in [3.8, 4) is 5.75 Å². The minimum Gasteiger partial charge on any atom is -0.489 e. The maximum Gasteiger partial charge on any atom is 0.475 e. The lowest BCUT2D eigenvalue weighted by atomic mass is 10.0. The molecule has 1 aliphatic heterocycles. The predicted molar refractivity (Wildman–Crippen MR) is 225 cm³/mol. The first-order chi connectivity index (χ1) is 30.1. The predicted octanol–water partition coefficient (Wildman–Crippen LogP) is 10.2.